The van der Waals surface area contributed by atoms with Crippen LogP contribution in [0.2, 0.25) is 0 Å². The van der Waals surface area contributed by atoms with Crippen LogP contribution in [0.25, 0.3) is 0 Å². The molecule has 2 aromatic rings. The Kier molecular flexibility index (Phi) is 5.56. The minimum absolute atomic E-state index is 0.0297. The van der Waals surface area contributed by atoms with E-state index in [1.54, 1.807) is 48.5 Å². The zero-order chi connectivity index (χ0) is 18.5. The van der Waals surface area contributed by atoms with Gasteiger partial charge >= 0.3 is 0 Å². The second-order valence-electron chi connectivity index (χ2n) is 6.83. The number of carbonyl (C=O) groups is 2. The number of benzene rings is 2. The van der Waals surface area contributed by atoms with Crippen LogP contribution in [0.4, 0.5) is 11.4 Å². The molecule has 1 aliphatic rings. The Bertz CT molecular complexity index is 780. The Hall–Kier alpha value is -2.82. The van der Waals surface area contributed by atoms with Gasteiger partial charge in [-0.15, -0.1) is 0 Å². The highest BCUT2D eigenvalue weighted by atomic mass is 16.2. The number of hydrogen-bond donors (Lipinski definition) is 2. The van der Waals surface area contributed by atoms with Crippen LogP contribution < -0.4 is 11.1 Å². The highest BCUT2D eigenvalue weighted by Gasteiger charge is 2.22. The van der Waals surface area contributed by atoms with Crippen LogP contribution in [-0.4, -0.2) is 29.8 Å². The SMILES string of the molecule is CN(C(=O)c1ccc(NC(=O)c2ccccc2N)cc1)C1CCCCC1. The number of nitrogens with zero attached hydrogens (tertiary/aromatic N) is 1. The van der Waals surface area contributed by atoms with Crippen LogP contribution in [-0.2, 0) is 0 Å². The van der Waals surface area contributed by atoms with Gasteiger partial charge in [0.15, 0.2) is 0 Å². The van der Waals surface area contributed by atoms with Gasteiger partial charge in [-0.25, -0.2) is 0 Å². The summed E-state index contributed by atoms with van der Waals surface area (Å²) in [4.78, 5) is 26.8. The number of nitrogen functional groups attached to an aromatic ring is 1. The molecule has 3 rings (SSSR count). The van der Waals surface area contributed by atoms with Crippen LogP contribution in [0.3, 0.4) is 0 Å². The number of nitrogens with two attached hydrogens (primary N) is 1. The minimum Gasteiger partial charge on any atom is -0.398 e. The van der Waals surface area contributed by atoms with E-state index in [9.17, 15) is 9.59 Å². The highest BCUT2D eigenvalue weighted by molar-refractivity contribution is 6.07. The molecule has 0 bridgehead atoms. The third-order valence-electron chi connectivity index (χ3n) is 5.04. The maximum absolute atomic E-state index is 12.7. The third-order valence-corrected chi connectivity index (χ3v) is 5.04. The lowest BCUT2D eigenvalue weighted by atomic mass is 9.94. The van der Waals surface area contributed by atoms with Gasteiger partial charge in [-0.3, -0.25) is 9.59 Å². The van der Waals surface area contributed by atoms with Crippen LogP contribution in [0, 0.1) is 0 Å². The first-order valence-corrected chi connectivity index (χ1v) is 9.09. The van der Waals surface area contributed by atoms with E-state index in [2.05, 4.69) is 5.32 Å². The van der Waals surface area contributed by atoms with Crippen molar-refractivity contribution in [1.29, 1.82) is 0 Å². The fourth-order valence-electron chi connectivity index (χ4n) is 3.44. The lowest BCUT2D eigenvalue weighted by Gasteiger charge is -2.31. The monoisotopic (exact) mass is 351 g/mol. The van der Waals surface area contributed by atoms with Crippen LogP contribution >= 0.6 is 0 Å². The number of para-hydroxylation sites is 1. The Balaban J connectivity index is 1.65. The zero-order valence-electron chi connectivity index (χ0n) is 15.1. The number of amides is 2. The molecule has 5 nitrogen and oxygen atoms in total. The van der Waals surface area contributed by atoms with Crippen LogP contribution in [0.5, 0.6) is 0 Å². The largest absolute Gasteiger partial charge is 0.398 e. The number of nitrogens with one attached hydrogen (secondary N) is 1. The molecule has 26 heavy (non-hydrogen) atoms. The van der Waals surface area contributed by atoms with E-state index < -0.39 is 0 Å². The van der Waals surface area contributed by atoms with Crippen molar-refractivity contribution in [3.8, 4) is 0 Å². The number of rotatable bonds is 4. The van der Waals surface area contributed by atoms with Gasteiger partial charge in [0, 0.05) is 30.0 Å². The summed E-state index contributed by atoms with van der Waals surface area (Å²) in [5, 5.41) is 2.81. The summed E-state index contributed by atoms with van der Waals surface area (Å²) in [5.74, 6) is -0.233. The van der Waals surface area contributed by atoms with Crippen LogP contribution in [0.15, 0.2) is 48.5 Å². The maximum Gasteiger partial charge on any atom is 0.257 e. The summed E-state index contributed by atoms with van der Waals surface area (Å²) in [6.45, 7) is 0. The number of carbonyl (C=O) groups excluding carboxylic acids is 2. The average Bonchev–Trinajstić information content (AvgIpc) is 2.68. The molecule has 2 amide bonds. The first-order valence-electron chi connectivity index (χ1n) is 9.09. The Morgan fingerprint density at radius 1 is 1.00 bits per heavy atom. The normalized spacial score (nSPS) is 14.7. The van der Waals surface area contributed by atoms with Gasteiger partial charge in [0.05, 0.1) is 5.56 Å². The minimum atomic E-state index is -0.262. The second-order valence-corrected chi connectivity index (χ2v) is 6.83. The Morgan fingerprint density at radius 2 is 1.65 bits per heavy atom. The fraction of sp³-hybridized carbons (Fsp3) is 0.333. The molecule has 0 heterocycles. The van der Waals surface area contributed by atoms with Crippen molar-refractivity contribution in [2.24, 2.45) is 0 Å². The molecule has 1 aliphatic carbocycles. The first kappa shape index (κ1) is 18.0. The van der Waals surface area contributed by atoms with Crippen molar-refractivity contribution in [3.63, 3.8) is 0 Å². The molecular formula is C21H25N3O2. The van der Waals surface area contributed by atoms with E-state index in [1.165, 1.54) is 19.3 Å². The molecule has 3 N–H and O–H groups in total. The maximum atomic E-state index is 12.7. The molecule has 0 atom stereocenters. The van der Waals surface area contributed by atoms with E-state index in [1.807, 2.05) is 11.9 Å². The molecule has 2 aromatic carbocycles. The van der Waals surface area contributed by atoms with Gasteiger partial charge in [0.2, 0.25) is 0 Å². The molecular weight excluding hydrogens is 326 g/mol. The predicted octanol–water partition coefficient (Wildman–Crippen LogP) is 3.93. The van der Waals surface area contributed by atoms with Crippen molar-refractivity contribution < 1.29 is 9.59 Å². The Labute approximate surface area is 154 Å². The molecule has 1 saturated carbocycles. The van der Waals surface area contributed by atoms with Crippen molar-refractivity contribution in [2.45, 2.75) is 38.1 Å². The standard InChI is InChI=1S/C21H25N3O2/c1-24(17-7-3-2-4-8-17)21(26)15-11-13-16(14-12-15)23-20(25)18-9-5-6-10-19(18)22/h5-6,9-14,17H,2-4,7-8,22H2,1H3,(H,23,25). The van der Waals surface area contributed by atoms with Crippen LogP contribution in [0.1, 0.15) is 52.8 Å². The third kappa shape index (κ3) is 4.04. The number of anilines is 2. The lowest BCUT2D eigenvalue weighted by molar-refractivity contribution is 0.0696. The molecule has 0 spiro atoms. The molecule has 136 valence electrons. The fourth-order valence-corrected chi connectivity index (χ4v) is 3.44. The molecule has 0 aliphatic heterocycles. The van der Waals surface area contributed by atoms with E-state index in [-0.39, 0.29) is 11.8 Å². The second kappa shape index (κ2) is 8.04. The summed E-state index contributed by atoms with van der Waals surface area (Å²) in [6, 6.07) is 14.3. The first-order chi connectivity index (χ1) is 12.6. The molecule has 5 heteroatoms. The van der Waals surface area contributed by atoms with E-state index in [0.29, 0.717) is 28.5 Å². The molecule has 0 unspecified atom stereocenters. The van der Waals surface area contributed by atoms with Crippen molar-refractivity contribution in [1.82, 2.24) is 4.90 Å². The van der Waals surface area contributed by atoms with Gasteiger partial charge in [-0.1, -0.05) is 31.4 Å². The van der Waals surface area contributed by atoms with E-state index in [0.717, 1.165) is 12.8 Å². The molecule has 1 fully saturated rings. The molecule has 0 radical (unpaired) electrons. The van der Waals surface area contributed by atoms with Gasteiger partial charge in [-0.05, 0) is 49.2 Å². The lowest BCUT2D eigenvalue weighted by Crippen LogP contribution is -2.38. The number of hydrogen-bond acceptors (Lipinski definition) is 3. The van der Waals surface area contributed by atoms with Crippen molar-refractivity contribution in [3.05, 3.63) is 59.7 Å². The van der Waals surface area contributed by atoms with Gasteiger partial charge in [0.25, 0.3) is 11.8 Å². The summed E-state index contributed by atoms with van der Waals surface area (Å²) in [7, 11) is 1.88. The van der Waals surface area contributed by atoms with Gasteiger partial charge in [-0.2, -0.15) is 0 Å². The smallest absolute Gasteiger partial charge is 0.257 e. The highest BCUT2D eigenvalue weighted by Crippen LogP contribution is 2.23. The summed E-state index contributed by atoms with van der Waals surface area (Å²) < 4.78 is 0. The van der Waals surface area contributed by atoms with Crippen molar-refractivity contribution >= 4 is 23.2 Å². The van der Waals surface area contributed by atoms with E-state index in [4.69, 9.17) is 5.73 Å². The summed E-state index contributed by atoms with van der Waals surface area (Å²) in [5.41, 5.74) is 7.97. The molecule has 0 aromatic heterocycles. The predicted molar refractivity (Wildman–Crippen MR) is 104 cm³/mol. The average molecular weight is 351 g/mol. The van der Waals surface area contributed by atoms with E-state index >= 15 is 0 Å². The topological polar surface area (TPSA) is 75.4 Å². The summed E-state index contributed by atoms with van der Waals surface area (Å²) in [6.07, 6.45) is 5.80. The molecule has 0 saturated heterocycles. The van der Waals surface area contributed by atoms with Crippen molar-refractivity contribution in [2.75, 3.05) is 18.1 Å². The summed E-state index contributed by atoms with van der Waals surface area (Å²) >= 11 is 0. The van der Waals surface area contributed by atoms with Gasteiger partial charge < -0.3 is 16.0 Å². The zero-order valence-corrected chi connectivity index (χ0v) is 15.1. The quantitative estimate of drug-likeness (QED) is 0.820. The Morgan fingerprint density at radius 3 is 2.31 bits per heavy atom. The van der Waals surface area contributed by atoms with Gasteiger partial charge in [0.1, 0.15) is 0 Å².